The predicted octanol–water partition coefficient (Wildman–Crippen LogP) is 4.28. The van der Waals surface area contributed by atoms with Crippen LogP contribution in [0.2, 0.25) is 0 Å². The monoisotopic (exact) mass is 390 g/mol. The van der Waals surface area contributed by atoms with Crippen LogP contribution in [0.5, 0.6) is 0 Å². The number of rotatable bonds is 2. The Morgan fingerprint density at radius 1 is 1.14 bits per heavy atom. The zero-order chi connectivity index (χ0) is 19.5. The van der Waals surface area contributed by atoms with Gasteiger partial charge in [0.05, 0.1) is 5.71 Å². The second kappa shape index (κ2) is 6.78. The summed E-state index contributed by atoms with van der Waals surface area (Å²) in [5, 5.41) is 7.88. The maximum absolute atomic E-state index is 14.3. The Balaban J connectivity index is 1.31. The average Bonchev–Trinajstić information content (AvgIpc) is 3.28. The van der Waals surface area contributed by atoms with E-state index in [0.717, 1.165) is 51.6 Å². The van der Waals surface area contributed by atoms with Crippen molar-refractivity contribution in [2.45, 2.75) is 83.9 Å². The molecule has 0 amide bonds. The molecule has 8 atom stereocenters. The lowest BCUT2D eigenvalue weighted by Gasteiger charge is -2.59. The molecule has 5 aliphatic rings. The lowest BCUT2D eigenvalue weighted by molar-refractivity contribution is -0.139. The second-order valence-corrected chi connectivity index (χ2v) is 10.8. The van der Waals surface area contributed by atoms with Gasteiger partial charge in [-0.15, -0.1) is 0 Å². The number of fused-ring (bicyclic) bond motifs is 5. The number of carbonyl (C=O) groups is 1. The van der Waals surface area contributed by atoms with Crippen LogP contribution < -0.4 is 5.32 Å². The lowest BCUT2D eigenvalue weighted by atomic mass is 9.45. The maximum atomic E-state index is 14.3. The van der Waals surface area contributed by atoms with Gasteiger partial charge in [0.2, 0.25) is 0 Å². The molecule has 1 N–H and O–H groups in total. The van der Waals surface area contributed by atoms with Crippen molar-refractivity contribution in [2.75, 3.05) is 13.1 Å². The summed E-state index contributed by atoms with van der Waals surface area (Å²) in [6.07, 6.45) is 8.15. The van der Waals surface area contributed by atoms with Crippen LogP contribution in [0.3, 0.4) is 0 Å². The van der Waals surface area contributed by atoms with E-state index in [0.29, 0.717) is 29.6 Å². The first-order valence-electron chi connectivity index (χ1n) is 11.5. The lowest BCUT2D eigenvalue weighted by Crippen LogP contribution is -2.53. The SMILES string of the molecule is C[C@]12CC/C(=N\O[C@H]3CCNC3)C[C@@H]1CC[C@@H]1[C@@H]2CC[C@]2(C)C(=O)[C@H](F)C[C@@H]12. The second-order valence-electron chi connectivity index (χ2n) is 10.8. The Hall–Kier alpha value is -0.970. The predicted molar refractivity (Wildman–Crippen MR) is 107 cm³/mol. The van der Waals surface area contributed by atoms with E-state index in [9.17, 15) is 9.18 Å². The maximum Gasteiger partial charge on any atom is 0.173 e. The van der Waals surface area contributed by atoms with Gasteiger partial charge in [0, 0.05) is 18.4 Å². The van der Waals surface area contributed by atoms with Crippen molar-refractivity contribution in [3.05, 3.63) is 0 Å². The average molecular weight is 391 g/mol. The third kappa shape index (κ3) is 2.79. The smallest absolute Gasteiger partial charge is 0.173 e. The molecule has 5 heteroatoms. The third-order valence-corrected chi connectivity index (χ3v) is 9.54. The molecule has 156 valence electrons. The molecule has 0 aromatic rings. The van der Waals surface area contributed by atoms with E-state index in [1.165, 1.54) is 18.6 Å². The van der Waals surface area contributed by atoms with E-state index in [4.69, 9.17) is 4.84 Å². The number of oxime groups is 1. The van der Waals surface area contributed by atoms with Crippen molar-refractivity contribution in [1.29, 1.82) is 0 Å². The highest BCUT2D eigenvalue weighted by Crippen LogP contribution is 2.65. The summed E-state index contributed by atoms with van der Waals surface area (Å²) in [6, 6.07) is 0. The van der Waals surface area contributed by atoms with Crippen molar-refractivity contribution in [3.8, 4) is 0 Å². The van der Waals surface area contributed by atoms with Crippen molar-refractivity contribution >= 4 is 11.5 Å². The summed E-state index contributed by atoms with van der Waals surface area (Å²) >= 11 is 0. The standard InChI is InChI=1S/C23H35FN2O2/c1-22-8-5-15(26-28-16-7-10-25-13-16)11-14(22)3-4-17-18(22)6-9-23(2)19(17)12-20(24)21(23)27/h14,16-20,25H,3-13H2,1-2H3/b26-15+/t14-,16-,17+,18-,19-,20+,22-,23-/m0/s1. The van der Waals surface area contributed by atoms with Gasteiger partial charge in [-0.05, 0) is 87.0 Å². The number of hydrogen-bond donors (Lipinski definition) is 1. The van der Waals surface area contributed by atoms with Crippen molar-refractivity contribution in [3.63, 3.8) is 0 Å². The highest BCUT2D eigenvalue weighted by atomic mass is 19.1. The molecule has 0 spiro atoms. The van der Waals surface area contributed by atoms with Crippen molar-refractivity contribution in [2.24, 2.45) is 39.7 Å². The summed E-state index contributed by atoms with van der Waals surface area (Å²) in [5.74, 6) is 2.00. The molecule has 0 aromatic heterocycles. The highest BCUT2D eigenvalue weighted by molar-refractivity contribution is 5.91. The minimum atomic E-state index is -1.22. The quantitative estimate of drug-likeness (QED) is 0.716. The number of alkyl halides is 1. The normalized spacial score (nSPS) is 52.2. The molecular formula is C23H35FN2O2. The molecule has 1 aliphatic heterocycles. The summed E-state index contributed by atoms with van der Waals surface area (Å²) in [7, 11) is 0. The first-order chi connectivity index (χ1) is 13.4. The van der Waals surface area contributed by atoms with E-state index in [1.54, 1.807) is 0 Å². The van der Waals surface area contributed by atoms with Gasteiger partial charge < -0.3 is 10.2 Å². The van der Waals surface area contributed by atoms with Crippen LogP contribution in [0.25, 0.3) is 0 Å². The van der Waals surface area contributed by atoms with Gasteiger partial charge in [0.15, 0.2) is 12.0 Å². The topological polar surface area (TPSA) is 50.7 Å². The zero-order valence-electron chi connectivity index (χ0n) is 17.4. The molecule has 1 heterocycles. The first-order valence-corrected chi connectivity index (χ1v) is 11.5. The summed E-state index contributed by atoms with van der Waals surface area (Å²) in [4.78, 5) is 18.3. The minimum absolute atomic E-state index is 0.0974. The van der Waals surface area contributed by atoms with Crippen LogP contribution in [-0.4, -0.2) is 36.9 Å². The van der Waals surface area contributed by atoms with E-state index < -0.39 is 11.6 Å². The van der Waals surface area contributed by atoms with E-state index in [1.807, 2.05) is 0 Å². The van der Waals surface area contributed by atoms with Crippen molar-refractivity contribution < 1.29 is 14.0 Å². The Morgan fingerprint density at radius 3 is 2.79 bits per heavy atom. The Kier molecular flexibility index (Phi) is 4.61. The molecule has 1 saturated heterocycles. The fraction of sp³-hybridized carbons (Fsp3) is 0.913. The van der Waals surface area contributed by atoms with Gasteiger partial charge in [0.25, 0.3) is 0 Å². The fourth-order valence-electron chi connectivity index (χ4n) is 7.76. The number of ketones is 1. The molecular weight excluding hydrogens is 355 g/mol. The van der Waals surface area contributed by atoms with Gasteiger partial charge in [-0.3, -0.25) is 4.79 Å². The molecule has 5 rings (SSSR count). The van der Waals surface area contributed by atoms with Gasteiger partial charge in [-0.1, -0.05) is 19.0 Å². The summed E-state index contributed by atoms with van der Waals surface area (Å²) in [6.45, 7) is 6.49. The number of carbonyl (C=O) groups excluding carboxylic acids is 1. The van der Waals surface area contributed by atoms with Crippen molar-refractivity contribution in [1.82, 2.24) is 5.32 Å². The minimum Gasteiger partial charge on any atom is -0.391 e. The third-order valence-electron chi connectivity index (χ3n) is 9.54. The highest BCUT2D eigenvalue weighted by Gasteiger charge is 2.62. The number of halogens is 1. The Bertz CT molecular complexity index is 676. The summed E-state index contributed by atoms with van der Waals surface area (Å²) in [5.41, 5.74) is 1.16. The first kappa shape index (κ1) is 19.0. The molecule has 0 unspecified atom stereocenters. The molecule has 0 aromatic carbocycles. The van der Waals surface area contributed by atoms with Crippen LogP contribution in [0.1, 0.15) is 71.6 Å². The van der Waals surface area contributed by atoms with Crippen LogP contribution in [0.4, 0.5) is 4.39 Å². The van der Waals surface area contributed by atoms with Crippen LogP contribution in [-0.2, 0) is 9.63 Å². The van der Waals surface area contributed by atoms with Crippen LogP contribution in [0, 0.1) is 34.5 Å². The largest absolute Gasteiger partial charge is 0.391 e. The zero-order valence-corrected chi connectivity index (χ0v) is 17.4. The molecule has 4 nitrogen and oxygen atoms in total. The van der Waals surface area contributed by atoms with E-state index >= 15 is 0 Å². The van der Waals surface area contributed by atoms with Gasteiger partial charge in [-0.25, -0.2) is 4.39 Å². The number of nitrogens with one attached hydrogen (secondary N) is 1. The number of nitrogens with zero attached hydrogens (tertiary/aromatic N) is 1. The molecule has 4 saturated carbocycles. The van der Waals surface area contributed by atoms with Gasteiger partial charge in [-0.2, -0.15) is 0 Å². The molecule has 4 aliphatic carbocycles. The fourth-order valence-corrected chi connectivity index (χ4v) is 7.76. The number of hydrogen-bond acceptors (Lipinski definition) is 4. The Labute approximate surface area is 168 Å². The van der Waals surface area contributed by atoms with Crippen LogP contribution >= 0.6 is 0 Å². The molecule has 0 bridgehead atoms. The van der Waals surface area contributed by atoms with Crippen LogP contribution in [0.15, 0.2) is 5.16 Å². The van der Waals surface area contributed by atoms with Gasteiger partial charge in [0.1, 0.15) is 6.10 Å². The van der Waals surface area contributed by atoms with E-state index in [-0.39, 0.29) is 17.8 Å². The molecule has 28 heavy (non-hydrogen) atoms. The number of Topliss-reactive ketones (excluding diaryl/α,β-unsaturated/α-hetero) is 1. The summed E-state index contributed by atoms with van der Waals surface area (Å²) < 4.78 is 14.3. The van der Waals surface area contributed by atoms with Gasteiger partial charge >= 0.3 is 0 Å². The molecule has 5 fully saturated rings. The Morgan fingerprint density at radius 2 is 2.00 bits per heavy atom. The molecule has 0 radical (unpaired) electrons. The van der Waals surface area contributed by atoms with E-state index in [2.05, 4.69) is 24.3 Å².